The summed E-state index contributed by atoms with van der Waals surface area (Å²) in [6.45, 7) is 0. The van der Waals surface area contributed by atoms with Crippen LogP contribution in [0.5, 0.6) is 5.75 Å². The Kier molecular flexibility index (Phi) is 4.18. The van der Waals surface area contributed by atoms with Crippen molar-refractivity contribution in [3.8, 4) is 28.0 Å². The van der Waals surface area contributed by atoms with Gasteiger partial charge in [0.15, 0.2) is 0 Å². The third-order valence-corrected chi connectivity index (χ3v) is 5.34. The third-order valence-electron chi connectivity index (χ3n) is 4.42. The number of hydrogen-bond acceptors (Lipinski definition) is 4. The number of nitrogens with two attached hydrogens (primary N) is 1. The molecule has 0 fully saturated rings. The lowest BCUT2D eigenvalue weighted by molar-refractivity contribution is 0.416. The van der Waals surface area contributed by atoms with Gasteiger partial charge < -0.3 is 9.72 Å². The molecule has 0 aliphatic rings. The monoisotopic (exact) mass is 379 g/mol. The molecule has 0 saturated heterocycles. The predicted octanol–water partition coefficient (Wildman–Crippen LogP) is 3.55. The maximum atomic E-state index is 11.6. The highest BCUT2D eigenvalue weighted by Crippen LogP contribution is 2.36. The average Bonchev–Trinajstić information content (AvgIpc) is 3.10. The molecule has 4 aromatic rings. The summed E-state index contributed by atoms with van der Waals surface area (Å²) in [5, 5.41) is 6.16. The molecule has 2 heterocycles. The third kappa shape index (κ3) is 3.18. The van der Waals surface area contributed by atoms with Crippen molar-refractivity contribution in [2.24, 2.45) is 5.14 Å². The molecule has 0 aliphatic carbocycles. The van der Waals surface area contributed by atoms with Crippen LogP contribution in [0.3, 0.4) is 0 Å². The summed E-state index contributed by atoms with van der Waals surface area (Å²) in [4.78, 5) is 7.71. The van der Waals surface area contributed by atoms with E-state index in [0.717, 1.165) is 39.0 Å². The number of pyridine rings is 1. The molecule has 0 saturated carbocycles. The standard InChI is InChI=1S/C20H17N3O3S/c1-26-19-8-3-2-7-16(19)18-12-23-20-17(18)10-14(11-22-20)13-5-4-6-15(9-13)27(21,24)25/h2-12H,1H3,(H,22,23)(H2,21,24,25). The van der Waals surface area contributed by atoms with Gasteiger partial charge in [-0.05, 0) is 29.8 Å². The molecular formula is C20H17N3O3S. The SMILES string of the molecule is COc1ccccc1-c1c[nH]c2ncc(-c3cccc(S(N)(=O)=O)c3)cc12. The fourth-order valence-corrected chi connectivity index (χ4v) is 3.66. The Labute approximate surface area is 156 Å². The molecule has 2 aromatic heterocycles. The fraction of sp³-hybridized carbons (Fsp3) is 0.0500. The minimum atomic E-state index is -3.77. The van der Waals surface area contributed by atoms with E-state index in [1.165, 1.54) is 6.07 Å². The number of methoxy groups -OCH3 is 1. The summed E-state index contributed by atoms with van der Waals surface area (Å²) in [5.74, 6) is 0.764. The molecular weight excluding hydrogens is 362 g/mol. The van der Waals surface area contributed by atoms with Gasteiger partial charge in [-0.1, -0.05) is 30.3 Å². The minimum absolute atomic E-state index is 0.0686. The van der Waals surface area contributed by atoms with Crippen LogP contribution in [-0.4, -0.2) is 25.5 Å². The number of nitrogens with one attached hydrogen (secondary N) is 1. The molecule has 0 unspecified atom stereocenters. The molecule has 0 bridgehead atoms. The largest absolute Gasteiger partial charge is 0.496 e. The molecule has 7 heteroatoms. The second-order valence-electron chi connectivity index (χ2n) is 6.10. The van der Waals surface area contributed by atoms with Gasteiger partial charge in [-0.3, -0.25) is 0 Å². The Bertz CT molecular complexity index is 1250. The summed E-state index contributed by atoms with van der Waals surface area (Å²) in [5.41, 5.74) is 4.16. The van der Waals surface area contributed by atoms with Crippen molar-refractivity contribution < 1.29 is 13.2 Å². The number of para-hydroxylation sites is 1. The van der Waals surface area contributed by atoms with Crippen LogP contribution in [0.25, 0.3) is 33.3 Å². The molecule has 3 N–H and O–H groups in total. The smallest absolute Gasteiger partial charge is 0.238 e. The van der Waals surface area contributed by atoms with Crippen molar-refractivity contribution in [3.63, 3.8) is 0 Å². The topological polar surface area (TPSA) is 98.1 Å². The summed E-state index contributed by atoms with van der Waals surface area (Å²) in [6.07, 6.45) is 3.59. The van der Waals surface area contributed by atoms with Gasteiger partial charge in [0.2, 0.25) is 10.0 Å². The first-order valence-electron chi connectivity index (χ1n) is 8.21. The van der Waals surface area contributed by atoms with Crippen molar-refractivity contribution in [2.45, 2.75) is 4.90 Å². The number of aromatic nitrogens is 2. The molecule has 27 heavy (non-hydrogen) atoms. The number of benzene rings is 2. The lowest BCUT2D eigenvalue weighted by atomic mass is 10.0. The molecule has 0 radical (unpaired) electrons. The fourth-order valence-electron chi connectivity index (χ4n) is 3.10. The van der Waals surface area contributed by atoms with Crippen molar-refractivity contribution in [1.29, 1.82) is 0 Å². The Morgan fingerprint density at radius 2 is 1.81 bits per heavy atom. The van der Waals surface area contributed by atoms with Gasteiger partial charge >= 0.3 is 0 Å². The van der Waals surface area contributed by atoms with Crippen LogP contribution in [0, 0.1) is 0 Å². The van der Waals surface area contributed by atoms with Crippen LogP contribution < -0.4 is 9.88 Å². The summed E-state index contributed by atoms with van der Waals surface area (Å²) in [6, 6.07) is 16.2. The van der Waals surface area contributed by atoms with E-state index in [1.54, 1.807) is 25.4 Å². The Balaban J connectivity index is 1.89. The second kappa shape index (κ2) is 6.53. The van der Waals surface area contributed by atoms with Gasteiger partial charge in [0, 0.05) is 34.5 Å². The van der Waals surface area contributed by atoms with E-state index in [2.05, 4.69) is 9.97 Å². The quantitative estimate of drug-likeness (QED) is 0.566. The van der Waals surface area contributed by atoms with Crippen LogP contribution in [0.15, 0.2) is 71.9 Å². The number of fused-ring (bicyclic) bond motifs is 1. The molecule has 0 spiro atoms. The van der Waals surface area contributed by atoms with Gasteiger partial charge in [-0.25, -0.2) is 18.5 Å². The molecule has 4 rings (SSSR count). The van der Waals surface area contributed by atoms with Crippen LogP contribution in [-0.2, 0) is 10.0 Å². The number of rotatable bonds is 4. The number of H-pyrrole nitrogens is 1. The lowest BCUT2D eigenvalue weighted by Gasteiger charge is -2.08. The minimum Gasteiger partial charge on any atom is -0.496 e. The number of primary sulfonamides is 1. The highest BCUT2D eigenvalue weighted by atomic mass is 32.2. The number of hydrogen-bond donors (Lipinski definition) is 2. The number of nitrogens with zero attached hydrogens (tertiary/aromatic N) is 1. The molecule has 0 aliphatic heterocycles. The summed E-state index contributed by atoms with van der Waals surface area (Å²) < 4.78 is 28.8. The Hall–Kier alpha value is -3.16. The molecule has 0 amide bonds. The maximum absolute atomic E-state index is 11.6. The second-order valence-corrected chi connectivity index (χ2v) is 7.66. The van der Waals surface area contributed by atoms with E-state index >= 15 is 0 Å². The zero-order chi connectivity index (χ0) is 19.0. The van der Waals surface area contributed by atoms with Gasteiger partial charge in [-0.15, -0.1) is 0 Å². The van der Waals surface area contributed by atoms with Crippen LogP contribution in [0.4, 0.5) is 0 Å². The highest BCUT2D eigenvalue weighted by Gasteiger charge is 2.14. The van der Waals surface area contributed by atoms with Crippen LogP contribution in [0.2, 0.25) is 0 Å². The Morgan fingerprint density at radius 3 is 2.59 bits per heavy atom. The lowest BCUT2D eigenvalue weighted by Crippen LogP contribution is -2.11. The van der Waals surface area contributed by atoms with Gasteiger partial charge in [0.25, 0.3) is 0 Å². The van der Waals surface area contributed by atoms with E-state index < -0.39 is 10.0 Å². The van der Waals surface area contributed by atoms with Crippen LogP contribution in [0.1, 0.15) is 0 Å². The Morgan fingerprint density at radius 1 is 1.00 bits per heavy atom. The summed E-state index contributed by atoms with van der Waals surface area (Å²) in [7, 11) is -2.13. The maximum Gasteiger partial charge on any atom is 0.238 e. The van der Waals surface area contributed by atoms with Crippen molar-refractivity contribution >= 4 is 21.1 Å². The highest BCUT2D eigenvalue weighted by molar-refractivity contribution is 7.89. The van der Waals surface area contributed by atoms with E-state index in [1.807, 2.05) is 42.6 Å². The number of aromatic amines is 1. The van der Waals surface area contributed by atoms with E-state index in [9.17, 15) is 8.42 Å². The number of sulfonamides is 1. The normalized spacial score (nSPS) is 11.6. The van der Waals surface area contributed by atoms with Crippen molar-refractivity contribution in [2.75, 3.05) is 7.11 Å². The van der Waals surface area contributed by atoms with Gasteiger partial charge in [-0.2, -0.15) is 0 Å². The summed E-state index contributed by atoms with van der Waals surface area (Å²) >= 11 is 0. The predicted molar refractivity (Wildman–Crippen MR) is 105 cm³/mol. The zero-order valence-electron chi connectivity index (χ0n) is 14.5. The first-order valence-corrected chi connectivity index (χ1v) is 9.76. The van der Waals surface area contributed by atoms with Gasteiger partial charge in [0.05, 0.1) is 12.0 Å². The first-order chi connectivity index (χ1) is 13.0. The zero-order valence-corrected chi connectivity index (χ0v) is 15.3. The molecule has 0 atom stereocenters. The van der Waals surface area contributed by atoms with Crippen molar-refractivity contribution in [3.05, 3.63) is 67.0 Å². The molecule has 6 nitrogen and oxygen atoms in total. The average molecular weight is 379 g/mol. The first kappa shape index (κ1) is 17.3. The molecule has 2 aromatic carbocycles. The number of ether oxygens (including phenoxy) is 1. The van der Waals surface area contributed by atoms with Crippen LogP contribution >= 0.6 is 0 Å². The van der Waals surface area contributed by atoms with E-state index in [-0.39, 0.29) is 4.90 Å². The van der Waals surface area contributed by atoms with E-state index in [4.69, 9.17) is 9.88 Å². The molecule has 136 valence electrons. The van der Waals surface area contributed by atoms with E-state index in [0.29, 0.717) is 0 Å². The van der Waals surface area contributed by atoms with Crippen molar-refractivity contribution in [1.82, 2.24) is 9.97 Å². The van der Waals surface area contributed by atoms with Gasteiger partial charge in [0.1, 0.15) is 11.4 Å².